The molecule has 5 rings (SSSR count). The van der Waals surface area contributed by atoms with Crippen molar-refractivity contribution in [1.29, 1.82) is 0 Å². The SMILES string of the molecule is O=C(O)c1ccnc2cc(-c3nn(CCN4CCCC4)c4c3CC(Cl)C=C4)[nH]c12. The molecule has 0 spiro atoms. The number of nitrogens with zero attached hydrogens (tertiary/aromatic N) is 4. The van der Waals surface area contributed by atoms with E-state index in [1.165, 1.54) is 25.1 Å². The van der Waals surface area contributed by atoms with E-state index in [0.29, 0.717) is 17.5 Å². The molecule has 1 aliphatic carbocycles. The Bertz CT molecular complexity index is 1110. The molecule has 1 atom stereocenters. The van der Waals surface area contributed by atoms with Crippen molar-refractivity contribution in [3.05, 3.63) is 41.2 Å². The first-order chi connectivity index (χ1) is 14.1. The number of alkyl halides is 1. The van der Waals surface area contributed by atoms with Gasteiger partial charge in [0.25, 0.3) is 0 Å². The minimum Gasteiger partial charge on any atom is -0.478 e. The van der Waals surface area contributed by atoms with E-state index >= 15 is 0 Å². The van der Waals surface area contributed by atoms with Gasteiger partial charge in [0.15, 0.2) is 0 Å². The van der Waals surface area contributed by atoms with Gasteiger partial charge in [-0.15, -0.1) is 11.6 Å². The topological polar surface area (TPSA) is 87.0 Å². The maximum Gasteiger partial charge on any atom is 0.337 e. The Morgan fingerprint density at radius 1 is 1.31 bits per heavy atom. The lowest BCUT2D eigenvalue weighted by Gasteiger charge is -2.16. The van der Waals surface area contributed by atoms with Gasteiger partial charge in [-0.1, -0.05) is 6.08 Å². The average molecular weight is 412 g/mol. The number of nitrogens with one attached hydrogen (secondary N) is 1. The van der Waals surface area contributed by atoms with E-state index in [1.54, 1.807) is 0 Å². The molecule has 0 radical (unpaired) electrons. The summed E-state index contributed by atoms with van der Waals surface area (Å²) in [6.07, 6.45) is 8.82. The van der Waals surface area contributed by atoms with Gasteiger partial charge >= 0.3 is 5.97 Å². The van der Waals surface area contributed by atoms with Crippen LogP contribution in [0, 0.1) is 0 Å². The summed E-state index contributed by atoms with van der Waals surface area (Å²) in [5.74, 6) is -0.979. The maximum absolute atomic E-state index is 11.6. The highest BCUT2D eigenvalue weighted by atomic mass is 35.5. The number of aromatic carboxylic acids is 1. The number of hydrogen-bond donors (Lipinski definition) is 2. The predicted octanol–water partition coefficient (Wildman–Crippen LogP) is 3.40. The molecular weight excluding hydrogens is 390 g/mol. The second-order valence-corrected chi connectivity index (χ2v) is 8.23. The second-order valence-electron chi connectivity index (χ2n) is 7.67. The Morgan fingerprint density at radius 3 is 2.93 bits per heavy atom. The lowest BCUT2D eigenvalue weighted by molar-refractivity contribution is 0.0698. The number of allylic oxidation sites excluding steroid dienone is 1. The molecule has 4 heterocycles. The first kappa shape index (κ1) is 18.4. The number of rotatable bonds is 5. The largest absolute Gasteiger partial charge is 0.478 e. The Kier molecular flexibility index (Phi) is 4.64. The van der Waals surface area contributed by atoms with Gasteiger partial charge in [0.2, 0.25) is 0 Å². The molecule has 1 aliphatic heterocycles. The van der Waals surface area contributed by atoms with E-state index in [2.05, 4.69) is 25.6 Å². The molecule has 1 unspecified atom stereocenters. The molecule has 2 aliphatic rings. The third-order valence-electron chi connectivity index (χ3n) is 5.79. The van der Waals surface area contributed by atoms with Crippen molar-refractivity contribution >= 4 is 34.7 Å². The molecule has 150 valence electrons. The molecule has 1 saturated heterocycles. The van der Waals surface area contributed by atoms with Gasteiger partial charge in [0.05, 0.1) is 39.9 Å². The minimum atomic E-state index is -0.979. The number of pyridine rings is 1. The summed E-state index contributed by atoms with van der Waals surface area (Å²) in [7, 11) is 0. The minimum absolute atomic E-state index is 0.0745. The van der Waals surface area contributed by atoms with Crippen molar-refractivity contribution in [3.63, 3.8) is 0 Å². The highest BCUT2D eigenvalue weighted by Gasteiger charge is 2.25. The smallest absolute Gasteiger partial charge is 0.337 e. The van der Waals surface area contributed by atoms with Gasteiger partial charge in [-0.05, 0) is 50.6 Å². The van der Waals surface area contributed by atoms with Crippen LogP contribution in [0.3, 0.4) is 0 Å². The van der Waals surface area contributed by atoms with Crippen LogP contribution >= 0.6 is 11.6 Å². The summed E-state index contributed by atoms with van der Waals surface area (Å²) in [6, 6.07) is 3.38. The quantitative estimate of drug-likeness (QED) is 0.628. The molecule has 3 aromatic rings. The molecule has 1 fully saturated rings. The third-order valence-corrected chi connectivity index (χ3v) is 6.09. The van der Waals surface area contributed by atoms with Crippen LogP contribution in [-0.4, -0.2) is 60.7 Å². The molecule has 29 heavy (non-hydrogen) atoms. The fourth-order valence-electron chi connectivity index (χ4n) is 4.32. The van der Waals surface area contributed by atoms with E-state index in [9.17, 15) is 9.90 Å². The number of carboxylic acids is 1. The number of likely N-dealkylation sites (tertiary alicyclic amines) is 1. The maximum atomic E-state index is 11.6. The molecule has 0 aromatic carbocycles. The van der Waals surface area contributed by atoms with Crippen LogP contribution in [-0.2, 0) is 13.0 Å². The number of carbonyl (C=O) groups is 1. The molecule has 2 N–H and O–H groups in total. The van der Waals surface area contributed by atoms with Crippen LogP contribution in [0.25, 0.3) is 28.5 Å². The van der Waals surface area contributed by atoms with Gasteiger partial charge in [-0.2, -0.15) is 5.10 Å². The zero-order valence-electron chi connectivity index (χ0n) is 15.9. The van der Waals surface area contributed by atoms with Crippen molar-refractivity contribution in [3.8, 4) is 11.4 Å². The first-order valence-electron chi connectivity index (χ1n) is 9.96. The number of halogens is 1. The fourth-order valence-corrected chi connectivity index (χ4v) is 4.55. The van der Waals surface area contributed by atoms with Gasteiger partial charge in [0, 0.05) is 18.3 Å². The highest BCUT2D eigenvalue weighted by Crippen LogP contribution is 2.33. The molecule has 0 amide bonds. The summed E-state index contributed by atoms with van der Waals surface area (Å²) >= 11 is 6.41. The summed E-state index contributed by atoms with van der Waals surface area (Å²) in [5.41, 5.74) is 5.12. The van der Waals surface area contributed by atoms with Gasteiger partial charge in [-0.25, -0.2) is 4.79 Å². The van der Waals surface area contributed by atoms with Crippen LogP contribution in [0.2, 0.25) is 0 Å². The van der Waals surface area contributed by atoms with Crippen LogP contribution in [0.1, 0.15) is 34.5 Å². The van der Waals surface area contributed by atoms with Crippen molar-refractivity contribution < 1.29 is 9.90 Å². The van der Waals surface area contributed by atoms with Crippen molar-refractivity contribution in [2.75, 3.05) is 19.6 Å². The van der Waals surface area contributed by atoms with E-state index in [0.717, 1.165) is 48.8 Å². The standard InChI is InChI=1S/C21H22ClN5O2/c22-13-3-4-18-15(11-13)20(25-27(18)10-9-26-7-1-2-8-26)17-12-16-19(24-17)14(21(28)29)5-6-23-16/h3-6,12-13,24H,1-2,7-11H2,(H,28,29). The van der Waals surface area contributed by atoms with Gasteiger partial charge < -0.3 is 15.0 Å². The zero-order valence-corrected chi connectivity index (χ0v) is 16.7. The van der Waals surface area contributed by atoms with Crippen LogP contribution in [0.4, 0.5) is 0 Å². The van der Waals surface area contributed by atoms with Gasteiger partial charge in [0.1, 0.15) is 5.69 Å². The third kappa shape index (κ3) is 3.34. The monoisotopic (exact) mass is 411 g/mol. The number of fused-ring (bicyclic) bond motifs is 2. The van der Waals surface area contributed by atoms with E-state index in [4.69, 9.17) is 16.7 Å². The van der Waals surface area contributed by atoms with Crippen molar-refractivity contribution in [2.24, 2.45) is 0 Å². The Morgan fingerprint density at radius 2 is 2.14 bits per heavy atom. The number of aromatic amines is 1. The molecule has 7 nitrogen and oxygen atoms in total. The summed E-state index contributed by atoms with van der Waals surface area (Å²) < 4.78 is 2.05. The fraction of sp³-hybridized carbons (Fsp3) is 0.381. The predicted molar refractivity (Wildman–Crippen MR) is 112 cm³/mol. The highest BCUT2D eigenvalue weighted by molar-refractivity contribution is 6.22. The van der Waals surface area contributed by atoms with E-state index in [-0.39, 0.29) is 10.9 Å². The van der Waals surface area contributed by atoms with Crippen molar-refractivity contribution in [2.45, 2.75) is 31.2 Å². The Hall–Kier alpha value is -2.64. The lowest BCUT2D eigenvalue weighted by atomic mass is 10.00. The number of aromatic nitrogens is 4. The van der Waals surface area contributed by atoms with E-state index < -0.39 is 5.97 Å². The van der Waals surface area contributed by atoms with E-state index in [1.807, 2.05) is 12.1 Å². The Balaban J connectivity index is 1.56. The molecule has 3 aromatic heterocycles. The van der Waals surface area contributed by atoms with Gasteiger partial charge in [-0.3, -0.25) is 9.67 Å². The van der Waals surface area contributed by atoms with Crippen LogP contribution < -0.4 is 0 Å². The normalized spacial score (nSPS) is 19.1. The average Bonchev–Trinajstić information content (AvgIpc) is 3.43. The van der Waals surface area contributed by atoms with Crippen LogP contribution in [0.5, 0.6) is 0 Å². The summed E-state index contributed by atoms with van der Waals surface area (Å²) in [4.78, 5) is 21.6. The Labute approximate surface area is 173 Å². The summed E-state index contributed by atoms with van der Waals surface area (Å²) in [5, 5.41) is 14.3. The molecular formula is C21H22ClN5O2. The molecule has 0 bridgehead atoms. The number of hydrogen-bond acceptors (Lipinski definition) is 4. The second kappa shape index (κ2) is 7.31. The molecule has 0 saturated carbocycles. The van der Waals surface area contributed by atoms with Crippen molar-refractivity contribution in [1.82, 2.24) is 24.6 Å². The number of H-pyrrole nitrogens is 1. The first-order valence-corrected chi connectivity index (χ1v) is 10.4. The van der Waals surface area contributed by atoms with Crippen LogP contribution in [0.15, 0.2) is 24.4 Å². The molecule has 8 heteroatoms. The lowest BCUT2D eigenvalue weighted by Crippen LogP contribution is -2.25. The number of carboxylic acid groups (broad SMARTS) is 1. The zero-order chi connectivity index (χ0) is 20.0. The summed E-state index contributed by atoms with van der Waals surface area (Å²) in [6.45, 7) is 4.10.